The number of hydrogen-bond acceptors (Lipinski definition) is 5. The van der Waals surface area contributed by atoms with Crippen molar-refractivity contribution >= 4 is 11.8 Å². The molecule has 0 aromatic carbocycles. The molecule has 0 aliphatic carbocycles. The van der Waals surface area contributed by atoms with Gasteiger partial charge in [-0.05, 0) is 12.2 Å². The second-order valence-electron chi connectivity index (χ2n) is 3.67. The van der Waals surface area contributed by atoms with Crippen molar-refractivity contribution in [1.29, 1.82) is 0 Å². The van der Waals surface area contributed by atoms with E-state index in [0.29, 0.717) is 17.0 Å². The van der Waals surface area contributed by atoms with Crippen molar-refractivity contribution < 1.29 is 4.52 Å². The molecule has 0 spiro atoms. The second-order valence-corrected chi connectivity index (χ2v) is 5.12. The highest BCUT2D eigenvalue weighted by molar-refractivity contribution is 8.00. The highest BCUT2D eigenvalue weighted by Crippen LogP contribution is 2.39. The zero-order valence-corrected chi connectivity index (χ0v) is 9.30. The third kappa shape index (κ3) is 1.44. The quantitative estimate of drug-likeness (QED) is 0.802. The van der Waals surface area contributed by atoms with Crippen LogP contribution in [0.15, 0.2) is 4.52 Å². The lowest BCUT2D eigenvalue weighted by Gasteiger charge is -2.23. The Morgan fingerprint density at radius 3 is 3.00 bits per heavy atom. The van der Waals surface area contributed by atoms with Gasteiger partial charge in [0.05, 0.1) is 5.54 Å². The minimum Gasteiger partial charge on any atom is -0.339 e. The van der Waals surface area contributed by atoms with Crippen molar-refractivity contribution in [1.82, 2.24) is 10.1 Å². The minimum absolute atomic E-state index is 0.366. The van der Waals surface area contributed by atoms with Crippen molar-refractivity contribution in [3.05, 3.63) is 11.7 Å². The molecule has 4 nitrogen and oxygen atoms in total. The van der Waals surface area contributed by atoms with Gasteiger partial charge in [-0.1, -0.05) is 19.0 Å². The van der Waals surface area contributed by atoms with E-state index in [0.717, 1.165) is 18.6 Å². The molecular formula is C9H15N3OS. The number of nitrogens with two attached hydrogens (primary N) is 1. The Morgan fingerprint density at radius 2 is 2.50 bits per heavy atom. The lowest BCUT2D eigenvalue weighted by atomic mass is 9.93. The first-order chi connectivity index (χ1) is 6.66. The van der Waals surface area contributed by atoms with Gasteiger partial charge in [0, 0.05) is 11.7 Å². The van der Waals surface area contributed by atoms with Crippen molar-refractivity contribution in [3.8, 4) is 0 Å². The van der Waals surface area contributed by atoms with Crippen molar-refractivity contribution in [2.24, 2.45) is 5.73 Å². The molecule has 0 bridgehead atoms. The SMILES string of the molecule is CCc1nc(C2(N)CCSC2C)no1. The summed E-state index contributed by atoms with van der Waals surface area (Å²) in [7, 11) is 0. The fourth-order valence-corrected chi connectivity index (χ4v) is 2.97. The summed E-state index contributed by atoms with van der Waals surface area (Å²) in [5, 5.41) is 4.33. The summed E-state index contributed by atoms with van der Waals surface area (Å²) < 4.78 is 5.09. The Hall–Kier alpha value is -0.550. The Labute approximate surface area is 87.6 Å². The van der Waals surface area contributed by atoms with Gasteiger partial charge in [0.25, 0.3) is 0 Å². The molecule has 1 fully saturated rings. The van der Waals surface area contributed by atoms with Gasteiger partial charge in [-0.2, -0.15) is 16.7 Å². The lowest BCUT2D eigenvalue weighted by Crippen LogP contribution is -2.42. The monoisotopic (exact) mass is 213 g/mol. The summed E-state index contributed by atoms with van der Waals surface area (Å²) in [6, 6.07) is 0. The van der Waals surface area contributed by atoms with Gasteiger partial charge < -0.3 is 10.3 Å². The van der Waals surface area contributed by atoms with Crippen LogP contribution in [-0.4, -0.2) is 21.1 Å². The van der Waals surface area contributed by atoms with Gasteiger partial charge in [0.2, 0.25) is 5.89 Å². The maximum atomic E-state index is 6.29. The van der Waals surface area contributed by atoms with E-state index in [1.54, 1.807) is 0 Å². The molecular weight excluding hydrogens is 198 g/mol. The highest BCUT2D eigenvalue weighted by atomic mass is 32.2. The Morgan fingerprint density at radius 1 is 1.71 bits per heavy atom. The number of hydrogen-bond donors (Lipinski definition) is 1. The third-order valence-electron chi connectivity index (χ3n) is 2.80. The summed E-state index contributed by atoms with van der Waals surface area (Å²) in [4.78, 5) is 4.32. The summed E-state index contributed by atoms with van der Waals surface area (Å²) in [6.45, 7) is 4.12. The molecule has 5 heteroatoms. The van der Waals surface area contributed by atoms with Crippen molar-refractivity contribution in [3.63, 3.8) is 0 Å². The zero-order valence-electron chi connectivity index (χ0n) is 8.49. The van der Waals surface area contributed by atoms with E-state index in [1.807, 2.05) is 18.7 Å². The van der Waals surface area contributed by atoms with Crippen LogP contribution in [0, 0.1) is 0 Å². The summed E-state index contributed by atoms with van der Waals surface area (Å²) in [5.41, 5.74) is 5.90. The minimum atomic E-state index is -0.387. The maximum Gasteiger partial charge on any atom is 0.226 e. The van der Waals surface area contributed by atoms with Crippen LogP contribution < -0.4 is 5.73 Å². The smallest absolute Gasteiger partial charge is 0.226 e. The molecule has 1 saturated heterocycles. The molecule has 1 aromatic rings. The largest absolute Gasteiger partial charge is 0.339 e. The molecule has 78 valence electrons. The molecule has 1 aliphatic heterocycles. The van der Waals surface area contributed by atoms with E-state index in [9.17, 15) is 0 Å². The first-order valence-electron chi connectivity index (χ1n) is 4.90. The predicted molar refractivity (Wildman–Crippen MR) is 56.1 cm³/mol. The van der Waals surface area contributed by atoms with Gasteiger partial charge >= 0.3 is 0 Å². The van der Waals surface area contributed by atoms with Crippen LogP contribution >= 0.6 is 11.8 Å². The van der Waals surface area contributed by atoms with Crippen LogP contribution in [-0.2, 0) is 12.0 Å². The first-order valence-corrected chi connectivity index (χ1v) is 5.95. The topological polar surface area (TPSA) is 64.9 Å². The normalized spacial score (nSPS) is 32.4. The van der Waals surface area contributed by atoms with Crippen LogP contribution in [0.5, 0.6) is 0 Å². The van der Waals surface area contributed by atoms with Gasteiger partial charge in [0.1, 0.15) is 0 Å². The lowest BCUT2D eigenvalue weighted by molar-refractivity contribution is 0.348. The molecule has 0 saturated carbocycles. The predicted octanol–water partition coefficient (Wildman–Crippen LogP) is 1.31. The molecule has 14 heavy (non-hydrogen) atoms. The average Bonchev–Trinajstić information content (AvgIpc) is 2.75. The van der Waals surface area contributed by atoms with E-state index >= 15 is 0 Å². The van der Waals surface area contributed by atoms with Gasteiger partial charge in [-0.3, -0.25) is 0 Å². The second kappa shape index (κ2) is 3.55. The van der Waals surface area contributed by atoms with Crippen LogP contribution in [0.1, 0.15) is 32.0 Å². The molecule has 2 unspecified atom stereocenters. The van der Waals surface area contributed by atoms with Crippen LogP contribution in [0.25, 0.3) is 0 Å². The number of rotatable bonds is 2. The summed E-state index contributed by atoms with van der Waals surface area (Å²) in [5.74, 6) is 2.42. The zero-order chi connectivity index (χ0) is 10.2. The van der Waals surface area contributed by atoms with E-state index in [-0.39, 0.29) is 5.54 Å². The Balaban J connectivity index is 2.28. The first kappa shape index (κ1) is 9.98. The molecule has 2 heterocycles. The third-order valence-corrected chi connectivity index (χ3v) is 4.16. The van der Waals surface area contributed by atoms with Crippen LogP contribution in [0.3, 0.4) is 0 Å². The molecule has 0 radical (unpaired) electrons. The summed E-state index contributed by atoms with van der Waals surface area (Å²) in [6.07, 6.45) is 1.70. The Kier molecular flexibility index (Phi) is 2.53. The van der Waals surface area contributed by atoms with Crippen molar-refractivity contribution in [2.75, 3.05) is 5.75 Å². The standard InChI is InChI=1S/C9H15N3OS/c1-3-7-11-8(12-13-7)9(10)4-5-14-6(9)2/h6H,3-5,10H2,1-2H3. The molecule has 2 atom stereocenters. The number of thioether (sulfide) groups is 1. The van der Waals surface area contributed by atoms with E-state index < -0.39 is 0 Å². The molecule has 2 rings (SSSR count). The summed E-state index contributed by atoms with van der Waals surface area (Å²) >= 11 is 1.87. The molecule has 0 amide bonds. The fourth-order valence-electron chi connectivity index (χ4n) is 1.64. The van der Waals surface area contributed by atoms with Crippen molar-refractivity contribution in [2.45, 2.75) is 37.5 Å². The maximum absolute atomic E-state index is 6.29. The number of aryl methyl sites for hydroxylation is 1. The molecule has 2 N–H and O–H groups in total. The van der Waals surface area contributed by atoms with Gasteiger partial charge in [-0.25, -0.2) is 0 Å². The number of nitrogens with zero attached hydrogens (tertiary/aromatic N) is 2. The van der Waals surface area contributed by atoms with Gasteiger partial charge in [-0.15, -0.1) is 0 Å². The van der Waals surface area contributed by atoms with Gasteiger partial charge in [0.15, 0.2) is 5.82 Å². The fraction of sp³-hybridized carbons (Fsp3) is 0.778. The van der Waals surface area contributed by atoms with E-state index in [4.69, 9.17) is 10.3 Å². The van der Waals surface area contributed by atoms with Crippen LogP contribution in [0.4, 0.5) is 0 Å². The molecule has 1 aliphatic rings. The average molecular weight is 213 g/mol. The number of aromatic nitrogens is 2. The van der Waals surface area contributed by atoms with Crippen LogP contribution in [0.2, 0.25) is 0 Å². The van der Waals surface area contributed by atoms with E-state index in [1.165, 1.54) is 0 Å². The Bertz CT molecular complexity index is 328. The van der Waals surface area contributed by atoms with E-state index in [2.05, 4.69) is 17.1 Å². The highest BCUT2D eigenvalue weighted by Gasteiger charge is 2.42. The molecule has 1 aromatic heterocycles.